The molecule has 1 saturated carbocycles. The fourth-order valence-corrected chi connectivity index (χ4v) is 2.70. The summed E-state index contributed by atoms with van der Waals surface area (Å²) < 4.78 is 0. The molecule has 20 heavy (non-hydrogen) atoms. The van der Waals surface area contributed by atoms with Crippen molar-refractivity contribution >= 4 is 23.1 Å². The van der Waals surface area contributed by atoms with Crippen LogP contribution in [0.4, 0.5) is 11.5 Å². The van der Waals surface area contributed by atoms with Gasteiger partial charge in [0.15, 0.2) is 0 Å². The standard InChI is InChI=1S/C13H18ClN3O3/c1-9-2-4-13(8-18,5-3-9)16-12-11(17(19)20)6-10(14)7-15-12/h6-7,9,18H,2-5,8H2,1H3,(H,15,16). The predicted octanol–water partition coefficient (Wildman–Crippen LogP) is 3.00. The van der Waals surface area contributed by atoms with Crippen LogP contribution in [0.5, 0.6) is 0 Å². The number of hydrogen-bond acceptors (Lipinski definition) is 5. The summed E-state index contributed by atoms with van der Waals surface area (Å²) in [6, 6.07) is 1.27. The van der Waals surface area contributed by atoms with E-state index in [1.807, 2.05) is 0 Å². The zero-order valence-electron chi connectivity index (χ0n) is 11.3. The van der Waals surface area contributed by atoms with Crippen LogP contribution in [-0.2, 0) is 0 Å². The molecule has 0 aromatic carbocycles. The molecule has 110 valence electrons. The van der Waals surface area contributed by atoms with E-state index in [0.29, 0.717) is 5.92 Å². The van der Waals surface area contributed by atoms with Crippen LogP contribution in [0.15, 0.2) is 12.3 Å². The van der Waals surface area contributed by atoms with Crippen molar-refractivity contribution in [3.05, 3.63) is 27.4 Å². The maximum absolute atomic E-state index is 11.1. The first-order valence-corrected chi connectivity index (χ1v) is 7.02. The second-order valence-electron chi connectivity index (χ2n) is 5.52. The lowest BCUT2D eigenvalue weighted by molar-refractivity contribution is -0.384. The van der Waals surface area contributed by atoms with E-state index >= 15 is 0 Å². The van der Waals surface area contributed by atoms with E-state index in [1.165, 1.54) is 12.3 Å². The van der Waals surface area contributed by atoms with Crippen molar-refractivity contribution < 1.29 is 10.0 Å². The van der Waals surface area contributed by atoms with Crippen molar-refractivity contribution in [1.29, 1.82) is 0 Å². The van der Waals surface area contributed by atoms with Gasteiger partial charge in [0.2, 0.25) is 5.82 Å². The van der Waals surface area contributed by atoms with Crippen LogP contribution in [0, 0.1) is 16.0 Å². The largest absolute Gasteiger partial charge is 0.394 e. The Hall–Kier alpha value is -1.40. The Kier molecular flexibility index (Phi) is 4.45. The summed E-state index contributed by atoms with van der Waals surface area (Å²) in [6.07, 6.45) is 4.87. The molecule has 1 aliphatic carbocycles. The molecule has 6 nitrogen and oxygen atoms in total. The minimum Gasteiger partial charge on any atom is -0.394 e. The van der Waals surface area contributed by atoms with Crippen LogP contribution in [0.25, 0.3) is 0 Å². The number of aliphatic hydroxyl groups excluding tert-OH is 1. The lowest BCUT2D eigenvalue weighted by Gasteiger charge is -2.38. The van der Waals surface area contributed by atoms with Gasteiger partial charge in [-0.2, -0.15) is 0 Å². The Morgan fingerprint density at radius 2 is 2.25 bits per heavy atom. The van der Waals surface area contributed by atoms with Gasteiger partial charge in [0, 0.05) is 12.3 Å². The summed E-state index contributed by atoms with van der Waals surface area (Å²) in [5, 5.41) is 24.1. The summed E-state index contributed by atoms with van der Waals surface area (Å²) in [5.41, 5.74) is -0.693. The molecule has 0 spiro atoms. The first-order chi connectivity index (χ1) is 9.46. The number of anilines is 1. The maximum Gasteiger partial charge on any atom is 0.312 e. The van der Waals surface area contributed by atoms with E-state index in [4.69, 9.17) is 11.6 Å². The molecule has 1 aromatic rings. The summed E-state index contributed by atoms with van der Waals surface area (Å²) in [4.78, 5) is 14.6. The number of nitro groups is 1. The summed E-state index contributed by atoms with van der Waals surface area (Å²) in [5.74, 6) is 0.785. The SMILES string of the molecule is CC1CCC(CO)(Nc2ncc(Cl)cc2[N+](=O)[O-])CC1. The predicted molar refractivity (Wildman–Crippen MR) is 77.0 cm³/mol. The van der Waals surface area contributed by atoms with Gasteiger partial charge >= 0.3 is 5.69 Å². The van der Waals surface area contributed by atoms with Gasteiger partial charge in [-0.3, -0.25) is 10.1 Å². The first kappa shape index (κ1) is 15.0. The van der Waals surface area contributed by atoms with Gasteiger partial charge in [0.25, 0.3) is 0 Å². The quantitative estimate of drug-likeness (QED) is 0.659. The summed E-state index contributed by atoms with van der Waals surface area (Å²) in [7, 11) is 0. The van der Waals surface area contributed by atoms with E-state index in [0.717, 1.165) is 25.7 Å². The molecule has 1 fully saturated rings. The Morgan fingerprint density at radius 1 is 1.60 bits per heavy atom. The molecule has 0 saturated heterocycles. The molecule has 7 heteroatoms. The Labute approximate surface area is 122 Å². The third-order valence-corrected chi connectivity index (χ3v) is 4.16. The molecular formula is C13H18ClN3O3. The van der Waals surface area contributed by atoms with Crippen LogP contribution in [0.3, 0.4) is 0 Å². The minimum absolute atomic E-state index is 0.0683. The molecule has 0 amide bonds. The molecule has 0 unspecified atom stereocenters. The fraction of sp³-hybridized carbons (Fsp3) is 0.615. The summed E-state index contributed by atoms with van der Waals surface area (Å²) in [6.45, 7) is 2.10. The topological polar surface area (TPSA) is 88.3 Å². The van der Waals surface area contributed by atoms with Crippen LogP contribution in [-0.4, -0.2) is 27.2 Å². The number of pyridine rings is 1. The van der Waals surface area contributed by atoms with Crippen molar-refractivity contribution in [1.82, 2.24) is 4.98 Å². The van der Waals surface area contributed by atoms with Crippen molar-refractivity contribution in [3.8, 4) is 0 Å². The minimum atomic E-state index is -0.530. The second-order valence-corrected chi connectivity index (χ2v) is 5.96. The van der Waals surface area contributed by atoms with Gasteiger partial charge < -0.3 is 10.4 Å². The molecule has 0 aliphatic heterocycles. The number of aliphatic hydroxyl groups is 1. The highest BCUT2D eigenvalue weighted by Crippen LogP contribution is 2.36. The van der Waals surface area contributed by atoms with Crippen LogP contribution in [0.1, 0.15) is 32.6 Å². The van der Waals surface area contributed by atoms with Crippen molar-refractivity contribution in [2.45, 2.75) is 38.1 Å². The molecule has 2 N–H and O–H groups in total. The third-order valence-electron chi connectivity index (χ3n) is 3.95. The van der Waals surface area contributed by atoms with Crippen molar-refractivity contribution in [2.75, 3.05) is 11.9 Å². The number of nitrogens with zero attached hydrogens (tertiary/aromatic N) is 2. The third kappa shape index (κ3) is 3.19. The van der Waals surface area contributed by atoms with Gasteiger partial charge in [0.1, 0.15) is 0 Å². The lowest BCUT2D eigenvalue weighted by atomic mass is 9.77. The van der Waals surface area contributed by atoms with Crippen LogP contribution in [0.2, 0.25) is 5.02 Å². The molecule has 1 heterocycles. The molecule has 0 bridgehead atoms. The average molecular weight is 300 g/mol. The molecule has 2 rings (SSSR count). The Bertz CT molecular complexity index is 502. The van der Waals surface area contributed by atoms with Gasteiger partial charge in [-0.25, -0.2) is 4.98 Å². The van der Waals surface area contributed by atoms with E-state index < -0.39 is 10.5 Å². The Morgan fingerprint density at radius 3 is 2.80 bits per heavy atom. The van der Waals surface area contributed by atoms with Gasteiger partial charge in [-0.05, 0) is 31.6 Å². The highest BCUT2D eigenvalue weighted by atomic mass is 35.5. The average Bonchev–Trinajstić information content (AvgIpc) is 2.43. The van der Waals surface area contributed by atoms with E-state index in [-0.39, 0.29) is 23.1 Å². The fourth-order valence-electron chi connectivity index (χ4n) is 2.55. The zero-order chi connectivity index (χ0) is 14.8. The number of aromatic nitrogens is 1. The lowest BCUT2D eigenvalue weighted by Crippen LogP contribution is -2.45. The highest BCUT2D eigenvalue weighted by molar-refractivity contribution is 6.30. The number of nitrogens with one attached hydrogen (secondary N) is 1. The van der Waals surface area contributed by atoms with Gasteiger partial charge in [-0.15, -0.1) is 0 Å². The monoisotopic (exact) mass is 299 g/mol. The molecule has 1 aromatic heterocycles. The van der Waals surface area contributed by atoms with Crippen molar-refractivity contribution in [2.24, 2.45) is 5.92 Å². The number of hydrogen-bond donors (Lipinski definition) is 2. The zero-order valence-corrected chi connectivity index (χ0v) is 12.1. The second kappa shape index (κ2) is 5.93. The molecule has 1 aliphatic rings. The number of halogens is 1. The van der Waals surface area contributed by atoms with Crippen LogP contribution >= 0.6 is 11.6 Å². The van der Waals surface area contributed by atoms with E-state index in [1.54, 1.807) is 0 Å². The molecule has 0 atom stereocenters. The van der Waals surface area contributed by atoms with Gasteiger partial charge in [0.05, 0.1) is 22.1 Å². The van der Waals surface area contributed by atoms with Crippen LogP contribution < -0.4 is 5.32 Å². The molecule has 0 radical (unpaired) electrons. The Balaban J connectivity index is 2.26. The van der Waals surface area contributed by atoms with Crippen molar-refractivity contribution in [3.63, 3.8) is 0 Å². The smallest absolute Gasteiger partial charge is 0.312 e. The molecular weight excluding hydrogens is 282 g/mol. The normalized spacial score (nSPS) is 26.2. The first-order valence-electron chi connectivity index (χ1n) is 6.65. The highest BCUT2D eigenvalue weighted by Gasteiger charge is 2.35. The number of rotatable bonds is 4. The van der Waals surface area contributed by atoms with E-state index in [2.05, 4.69) is 17.2 Å². The van der Waals surface area contributed by atoms with Gasteiger partial charge in [-0.1, -0.05) is 18.5 Å². The van der Waals surface area contributed by atoms with E-state index in [9.17, 15) is 15.2 Å². The maximum atomic E-state index is 11.1. The summed E-state index contributed by atoms with van der Waals surface area (Å²) >= 11 is 5.75.